The average Bonchev–Trinajstić information content (AvgIpc) is 3.23. The Morgan fingerprint density at radius 1 is 1.12 bits per heavy atom. The molecule has 1 amide bonds. The Hall–Kier alpha value is -3.12. The van der Waals surface area contributed by atoms with Gasteiger partial charge in [-0.15, -0.1) is 11.3 Å². The molecule has 0 aliphatic rings. The topological polar surface area (TPSA) is 60.5 Å². The monoisotopic (exact) mass is 450 g/mol. The molecule has 6 heteroatoms. The van der Waals surface area contributed by atoms with E-state index in [1.54, 1.807) is 13.2 Å². The van der Waals surface area contributed by atoms with E-state index >= 15 is 0 Å². The number of nitrogens with zero attached hydrogens (tertiary/aromatic N) is 1. The summed E-state index contributed by atoms with van der Waals surface area (Å²) in [5.41, 5.74) is 5.21. The van der Waals surface area contributed by atoms with Gasteiger partial charge in [-0.2, -0.15) is 0 Å². The molecule has 0 spiro atoms. The van der Waals surface area contributed by atoms with Gasteiger partial charge in [0, 0.05) is 17.0 Å². The normalized spacial score (nSPS) is 11.2. The number of amides is 1. The minimum atomic E-state index is -0.234. The van der Waals surface area contributed by atoms with Gasteiger partial charge in [-0.05, 0) is 67.2 Å². The predicted octanol–water partition coefficient (Wildman–Crippen LogP) is 6.51. The average molecular weight is 451 g/mol. The quantitative estimate of drug-likeness (QED) is 0.377. The fourth-order valence-corrected chi connectivity index (χ4v) is 3.72. The number of aryl methyl sites for hydroxylation is 2. The number of carbonyl (C=O) groups is 1. The van der Waals surface area contributed by atoms with Gasteiger partial charge in [-0.25, -0.2) is 4.98 Å². The van der Waals surface area contributed by atoms with Crippen molar-refractivity contribution in [2.75, 3.05) is 19.0 Å². The van der Waals surface area contributed by atoms with Crippen LogP contribution in [0.15, 0.2) is 47.9 Å². The second kappa shape index (κ2) is 11.0. The van der Waals surface area contributed by atoms with Crippen molar-refractivity contribution in [2.45, 2.75) is 34.1 Å². The molecule has 2 aromatic carbocycles. The number of nitrogens with one attached hydrogen (secondary N) is 1. The molecule has 0 saturated heterocycles. The molecule has 0 aliphatic carbocycles. The lowest BCUT2D eigenvalue weighted by Crippen LogP contribution is -2.07. The Labute approximate surface area is 194 Å². The van der Waals surface area contributed by atoms with Gasteiger partial charge in [0.15, 0.2) is 16.6 Å². The molecule has 1 N–H and O–H groups in total. The molecular weight excluding hydrogens is 420 g/mol. The second-order valence-electron chi connectivity index (χ2n) is 8.10. The van der Waals surface area contributed by atoms with Crippen LogP contribution in [0.2, 0.25) is 0 Å². The number of thiazole rings is 1. The first-order chi connectivity index (χ1) is 15.4. The molecule has 0 aliphatic heterocycles. The van der Waals surface area contributed by atoms with Gasteiger partial charge in [0.05, 0.1) is 19.4 Å². The summed E-state index contributed by atoms with van der Waals surface area (Å²) in [5, 5.41) is 5.35. The van der Waals surface area contributed by atoms with Crippen molar-refractivity contribution >= 4 is 28.5 Å². The Bertz CT molecular complexity index is 1100. The van der Waals surface area contributed by atoms with Crippen molar-refractivity contribution in [2.24, 2.45) is 5.92 Å². The maximum atomic E-state index is 12.4. The zero-order valence-electron chi connectivity index (χ0n) is 19.3. The van der Waals surface area contributed by atoms with Crippen molar-refractivity contribution in [3.8, 4) is 22.8 Å². The van der Waals surface area contributed by atoms with Crippen LogP contribution in [0.4, 0.5) is 5.13 Å². The van der Waals surface area contributed by atoms with Crippen LogP contribution in [0, 0.1) is 19.8 Å². The Morgan fingerprint density at radius 3 is 2.66 bits per heavy atom. The van der Waals surface area contributed by atoms with E-state index in [0.29, 0.717) is 29.2 Å². The van der Waals surface area contributed by atoms with Gasteiger partial charge in [-0.1, -0.05) is 32.0 Å². The third-order valence-electron chi connectivity index (χ3n) is 5.10. The second-order valence-corrected chi connectivity index (χ2v) is 8.96. The van der Waals surface area contributed by atoms with E-state index in [1.807, 2.05) is 29.6 Å². The maximum absolute atomic E-state index is 12.4. The van der Waals surface area contributed by atoms with E-state index < -0.39 is 0 Å². The number of carbonyl (C=O) groups excluding carboxylic acids is 1. The minimum absolute atomic E-state index is 0.234. The van der Waals surface area contributed by atoms with Gasteiger partial charge >= 0.3 is 0 Å². The minimum Gasteiger partial charge on any atom is -0.493 e. The van der Waals surface area contributed by atoms with Crippen LogP contribution in [-0.4, -0.2) is 24.6 Å². The summed E-state index contributed by atoms with van der Waals surface area (Å²) in [6.45, 7) is 9.13. The van der Waals surface area contributed by atoms with Crippen molar-refractivity contribution in [1.82, 2.24) is 4.98 Å². The van der Waals surface area contributed by atoms with Crippen LogP contribution < -0.4 is 14.8 Å². The molecule has 0 saturated carbocycles. The summed E-state index contributed by atoms with van der Waals surface area (Å²) in [5.74, 6) is 1.70. The molecule has 0 atom stereocenters. The molecule has 0 unspecified atom stereocenters. The standard InChI is InChI=1S/C26H30N2O3S/c1-17(2)12-13-31-23-10-7-20(15-24(23)30-5)8-11-25(29)28-26-27-22(16-32-26)21-9-6-18(3)19(4)14-21/h6-11,14-17H,12-13H2,1-5H3,(H,27,28,29). The Kier molecular flexibility index (Phi) is 8.06. The third-order valence-corrected chi connectivity index (χ3v) is 5.86. The van der Waals surface area contributed by atoms with E-state index in [4.69, 9.17) is 9.47 Å². The first-order valence-corrected chi connectivity index (χ1v) is 11.6. The molecule has 3 rings (SSSR count). The maximum Gasteiger partial charge on any atom is 0.250 e. The molecule has 32 heavy (non-hydrogen) atoms. The van der Waals surface area contributed by atoms with Crippen molar-refractivity contribution in [3.63, 3.8) is 0 Å². The van der Waals surface area contributed by atoms with Crippen LogP contribution in [0.3, 0.4) is 0 Å². The van der Waals surface area contributed by atoms with Crippen LogP contribution in [0.25, 0.3) is 17.3 Å². The fraction of sp³-hybridized carbons (Fsp3) is 0.308. The number of rotatable bonds is 9. The summed E-state index contributed by atoms with van der Waals surface area (Å²) in [6.07, 6.45) is 4.21. The van der Waals surface area contributed by atoms with E-state index in [2.05, 4.69) is 50.1 Å². The van der Waals surface area contributed by atoms with Crippen molar-refractivity contribution in [1.29, 1.82) is 0 Å². The van der Waals surface area contributed by atoms with Crippen LogP contribution in [-0.2, 0) is 4.79 Å². The van der Waals surface area contributed by atoms with Crippen LogP contribution in [0.1, 0.15) is 37.0 Å². The smallest absolute Gasteiger partial charge is 0.250 e. The molecule has 168 valence electrons. The van der Waals surface area contributed by atoms with Crippen molar-refractivity contribution in [3.05, 3.63) is 64.5 Å². The zero-order chi connectivity index (χ0) is 23.1. The first kappa shape index (κ1) is 23.5. The Balaban J connectivity index is 1.61. The SMILES string of the molecule is COc1cc(C=CC(=O)Nc2nc(-c3ccc(C)c(C)c3)cs2)ccc1OCCC(C)C. The molecule has 0 fully saturated rings. The van der Waals surface area contributed by atoms with Gasteiger partial charge in [0.1, 0.15) is 0 Å². The van der Waals surface area contributed by atoms with Crippen LogP contribution in [0.5, 0.6) is 11.5 Å². The highest BCUT2D eigenvalue weighted by Crippen LogP contribution is 2.29. The van der Waals surface area contributed by atoms with E-state index in [9.17, 15) is 4.79 Å². The first-order valence-electron chi connectivity index (χ1n) is 10.7. The molecule has 1 heterocycles. The number of benzene rings is 2. The summed E-state index contributed by atoms with van der Waals surface area (Å²) in [4.78, 5) is 16.9. The lowest BCUT2D eigenvalue weighted by Gasteiger charge is -2.12. The van der Waals surface area contributed by atoms with Gasteiger partial charge in [0.2, 0.25) is 5.91 Å². The molecule has 3 aromatic rings. The highest BCUT2D eigenvalue weighted by Gasteiger charge is 2.09. The largest absolute Gasteiger partial charge is 0.493 e. The molecular formula is C26H30N2O3S. The summed E-state index contributed by atoms with van der Waals surface area (Å²) in [6, 6.07) is 11.9. The highest BCUT2D eigenvalue weighted by molar-refractivity contribution is 7.14. The van der Waals surface area contributed by atoms with Gasteiger partial charge in [-0.3, -0.25) is 10.1 Å². The Morgan fingerprint density at radius 2 is 1.94 bits per heavy atom. The summed E-state index contributed by atoms with van der Waals surface area (Å²) >= 11 is 1.41. The third kappa shape index (κ3) is 6.44. The molecule has 0 bridgehead atoms. The van der Waals surface area contributed by atoms with E-state index in [-0.39, 0.29) is 5.91 Å². The number of hydrogen-bond acceptors (Lipinski definition) is 5. The van der Waals surface area contributed by atoms with Gasteiger partial charge < -0.3 is 9.47 Å². The van der Waals surface area contributed by atoms with Crippen LogP contribution >= 0.6 is 11.3 Å². The summed E-state index contributed by atoms with van der Waals surface area (Å²) in [7, 11) is 1.61. The van der Waals surface area contributed by atoms with Gasteiger partial charge in [0.25, 0.3) is 0 Å². The summed E-state index contributed by atoms with van der Waals surface area (Å²) < 4.78 is 11.3. The number of hydrogen-bond donors (Lipinski definition) is 1. The van der Waals surface area contributed by atoms with E-state index in [0.717, 1.165) is 23.2 Å². The number of methoxy groups -OCH3 is 1. The molecule has 5 nitrogen and oxygen atoms in total. The number of ether oxygens (including phenoxy) is 2. The number of anilines is 1. The lowest BCUT2D eigenvalue weighted by molar-refractivity contribution is -0.111. The highest BCUT2D eigenvalue weighted by atomic mass is 32.1. The van der Waals surface area contributed by atoms with Crippen molar-refractivity contribution < 1.29 is 14.3 Å². The number of aromatic nitrogens is 1. The predicted molar refractivity (Wildman–Crippen MR) is 133 cm³/mol. The fourth-order valence-electron chi connectivity index (χ4n) is 3.00. The lowest BCUT2D eigenvalue weighted by atomic mass is 10.1. The zero-order valence-corrected chi connectivity index (χ0v) is 20.1. The molecule has 0 radical (unpaired) electrons. The van der Waals surface area contributed by atoms with E-state index in [1.165, 1.54) is 28.5 Å². The molecule has 1 aromatic heterocycles.